The van der Waals surface area contributed by atoms with E-state index in [-0.39, 0.29) is 5.91 Å². The summed E-state index contributed by atoms with van der Waals surface area (Å²) in [5, 5.41) is 8.77. The first-order valence-electron chi connectivity index (χ1n) is 6.01. The maximum Gasteiger partial charge on any atom is 0.260 e. The Kier molecular flexibility index (Phi) is 3.99. The lowest BCUT2D eigenvalue weighted by atomic mass is 10.1. The van der Waals surface area contributed by atoms with Crippen molar-refractivity contribution in [3.63, 3.8) is 0 Å². The van der Waals surface area contributed by atoms with Gasteiger partial charge >= 0.3 is 0 Å². The Hall–Kier alpha value is -2.84. The van der Waals surface area contributed by atoms with Crippen molar-refractivity contribution in [3.05, 3.63) is 59.7 Å². The molecule has 3 N–H and O–H groups in total. The van der Waals surface area contributed by atoms with Crippen molar-refractivity contribution in [2.45, 2.75) is 0 Å². The first kappa shape index (κ1) is 13.6. The zero-order valence-electron chi connectivity index (χ0n) is 11.0. The van der Waals surface area contributed by atoms with Gasteiger partial charge in [-0.3, -0.25) is 10.6 Å². The SMILES string of the molecule is CN(C(=O)c1ccccc1NN)c1ccc(C#N)cc1. The van der Waals surface area contributed by atoms with Crippen molar-refractivity contribution in [1.82, 2.24) is 0 Å². The highest BCUT2D eigenvalue weighted by atomic mass is 16.2. The van der Waals surface area contributed by atoms with Crippen LogP contribution in [0.2, 0.25) is 0 Å². The predicted molar refractivity (Wildman–Crippen MR) is 78.1 cm³/mol. The highest BCUT2D eigenvalue weighted by Crippen LogP contribution is 2.20. The van der Waals surface area contributed by atoms with Gasteiger partial charge in [-0.25, -0.2) is 0 Å². The van der Waals surface area contributed by atoms with Gasteiger partial charge in [-0.15, -0.1) is 0 Å². The molecule has 0 spiro atoms. The minimum absolute atomic E-state index is 0.178. The average Bonchev–Trinajstić information content (AvgIpc) is 2.53. The number of anilines is 2. The topological polar surface area (TPSA) is 82.2 Å². The monoisotopic (exact) mass is 266 g/mol. The molecule has 0 heterocycles. The predicted octanol–water partition coefficient (Wildman–Crippen LogP) is 2.12. The largest absolute Gasteiger partial charge is 0.323 e. The number of benzene rings is 2. The molecule has 5 heteroatoms. The van der Waals surface area contributed by atoms with Crippen molar-refractivity contribution in [3.8, 4) is 6.07 Å². The van der Waals surface area contributed by atoms with Crippen LogP contribution in [0.3, 0.4) is 0 Å². The summed E-state index contributed by atoms with van der Waals surface area (Å²) in [4.78, 5) is 14.0. The second-order valence-electron chi connectivity index (χ2n) is 4.21. The molecule has 1 amide bonds. The lowest BCUT2D eigenvalue weighted by molar-refractivity contribution is 0.0993. The number of hydrogen-bond donors (Lipinski definition) is 2. The van der Waals surface area contributed by atoms with E-state index in [9.17, 15) is 4.79 Å². The molecular weight excluding hydrogens is 252 g/mol. The van der Waals surface area contributed by atoms with E-state index in [4.69, 9.17) is 11.1 Å². The number of rotatable bonds is 3. The highest BCUT2D eigenvalue weighted by Gasteiger charge is 2.16. The quantitative estimate of drug-likeness (QED) is 0.658. The summed E-state index contributed by atoms with van der Waals surface area (Å²) in [6.07, 6.45) is 0. The molecule has 0 fully saturated rings. The van der Waals surface area contributed by atoms with Gasteiger partial charge in [-0.05, 0) is 36.4 Å². The van der Waals surface area contributed by atoms with Gasteiger partial charge in [0.05, 0.1) is 22.9 Å². The van der Waals surface area contributed by atoms with Crippen LogP contribution in [-0.2, 0) is 0 Å². The van der Waals surface area contributed by atoms with E-state index in [1.165, 1.54) is 4.90 Å². The normalized spacial score (nSPS) is 9.65. The molecule has 0 aliphatic carbocycles. The molecule has 0 aromatic heterocycles. The van der Waals surface area contributed by atoms with Crippen molar-refractivity contribution in [2.24, 2.45) is 5.84 Å². The second kappa shape index (κ2) is 5.87. The third-order valence-electron chi connectivity index (χ3n) is 3.00. The van der Waals surface area contributed by atoms with Crippen LogP contribution in [0.1, 0.15) is 15.9 Å². The summed E-state index contributed by atoms with van der Waals surface area (Å²) in [5.74, 6) is 5.23. The van der Waals surface area contributed by atoms with Gasteiger partial charge in [0.15, 0.2) is 0 Å². The van der Waals surface area contributed by atoms with Gasteiger partial charge in [0.2, 0.25) is 0 Å². The van der Waals surface area contributed by atoms with Crippen LogP contribution in [0.5, 0.6) is 0 Å². The summed E-state index contributed by atoms with van der Waals surface area (Å²) in [5.41, 5.74) is 4.83. The standard InChI is InChI=1S/C15H14N4O/c1-19(12-8-6-11(10-16)7-9-12)15(20)13-4-2-3-5-14(13)18-17/h2-9,18H,17H2,1H3. The Balaban J connectivity index is 2.30. The van der Waals surface area contributed by atoms with E-state index >= 15 is 0 Å². The molecule has 0 bridgehead atoms. The van der Waals surface area contributed by atoms with Crippen LogP contribution in [0, 0.1) is 11.3 Å². The summed E-state index contributed by atoms with van der Waals surface area (Å²) in [6.45, 7) is 0. The number of nitrogens with one attached hydrogen (secondary N) is 1. The van der Waals surface area contributed by atoms with Crippen LogP contribution in [0.15, 0.2) is 48.5 Å². The second-order valence-corrected chi connectivity index (χ2v) is 4.21. The van der Waals surface area contributed by atoms with Gasteiger partial charge in [0, 0.05) is 12.7 Å². The Labute approximate surface area is 117 Å². The van der Waals surface area contributed by atoms with Crippen LogP contribution >= 0.6 is 0 Å². The van der Waals surface area contributed by atoms with Crippen molar-refractivity contribution in [2.75, 3.05) is 17.4 Å². The van der Waals surface area contributed by atoms with E-state index in [1.54, 1.807) is 55.6 Å². The fourth-order valence-corrected chi connectivity index (χ4v) is 1.85. The zero-order valence-corrected chi connectivity index (χ0v) is 11.0. The number of nitrogen functional groups attached to an aromatic ring is 1. The molecule has 2 aromatic carbocycles. The smallest absolute Gasteiger partial charge is 0.260 e. The molecule has 0 saturated carbocycles. The summed E-state index contributed by atoms with van der Waals surface area (Å²) < 4.78 is 0. The molecular formula is C15H14N4O. The van der Waals surface area contributed by atoms with Crippen LogP contribution in [-0.4, -0.2) is 13.0 Å². The lowest BCUT2D eigenvalue weighted by Crippen LogP contribution is -2.27. The zero-order chi connectivity index (χ0) is 14.5. The summed E-state index contributed by atoms with van der Waals surface area (Å²) >= 11 is 0. The third kappa shape index (κ3) is 2.60. The van der Waals surface area contributed by atoms with E-state index in [1.807, 2.05) is 6.07 Å². The molecule has 5 nitrogen and oxygen atoms in total. The fourth-order valence-electron chi connectivity index (χ4n) is 1.85. The first-order valence-corrected chi connectivity index (χ1v) is 6.01. The maximum absolute atomic E-state index is 12.4. The molecule has 2 aromatic rings. The number of nitrogens with two attached hydrogens (primary N) is 1. The van der Waals surface area contributed by atoms with Gasteiger partial charge in [-0.2, -0.15) is 5.26 Å². The van der Waals surface area contributed by atoms with Crippen molar-refractivity contribution >= 4 is 17.3 Å². The number of para-hydroxylation sites is 1. The van der Waals surface area contributed by atoms with E-state index in [2.05, 4.69) is 5.43 Å². The van der Waals surface area contributed by atoms with Crippen LogP contribution in [0.25, 0.3) is 0 Å². The molecule has 2 rings (SSSR count). The van der Waals surface area contributed by atoms with E-state index < -0.39 is 0 Å². The fraction of sp³-hybridized carbons (Fsp3) is 0.0667. The van der Waals surface area contributed by atoms with Gasteiger partial charge in [-0.1, -0.05) is 12.1 Å². The van der Waals surface area contributed by atoms with Crippen molar-refractivity contribution in [1.29, 1.82) is 5.26 Å². The van der Waals surface area contributed by atoms with Gasteiger partial charge < -0.3 is 10.3 Å². The molecule has 0 radical (unpaired) electrons. The van der Waals surface area contributed by atoms with E-state index in [0.717, 1.165) is 0 Å². The van der Waals surface area contributed by atoms with Crippen molar-refractivity contribution < 1.29 is 4.79 Å². The maximum atomic E-state index is 12.4. The number of hydrogen-bond acceptors (Lipinski definition) is 4. The molecule has 0 aliphatic rings. The average molecular weight is 266 g/mol. The highest BCUT2D eigenvalue weighted by molar-refractivity contribution is 6.09. The lowest BCUT2D eigenvalue weighted by Gasteiger charge is -2.19. The first-order chi connectivity index (χ1) is 9.67. The molecule has 0 saturated heterocycles. The Morgan fingerprint density at radius 2 is 1.85 bits per heavy atom. The number of carbonyl (C=O) groups excluding carboxylic acids is 1. The number of hydrazine groups is 1. The van der Waals surface area contributed by atoms with Crippen LogP contribution in [0.4, 0.5) is 11.4 Å². The number of carbonyl (C=O) groups is 1. The third-order valence-corrected chi connectivity index (χ3v) is 3.00. The Morgan fingerprint density at radius 1 is 1.20 bits per heavy atom. The molecule has 0 aliphatic heterocycles. The number of nitrogens with zero attached hydrogens (tertiary/aromatic N) is 2. The summed E-state index contributed by atoms with van der Waals surface area (Å²) in [7, 11) is 1.68. The molecule has 20 heavy (non-hydrogen) atoms. The van der Waals surface area contributed by atoms with Gasteiger partial charge in [0.1, 0.15) is 0 Å². The Morgan fingerprint density at radius 3 is 2.45 bits per heavy atom. The minimum atomic E-state index is -0.178. The number of amides is 1. The minimum Gasteiger partial charge on any atom is -0.323 e. The van der Waals surface area contributed by atoms with Crippen LogP contribution < -0.4 is 16.2 Å². The Bertz CT molecular complexity index is 658. The molecule has 100 valence electrons. The molecule has 0 atom stereocenters. The molecule has 0 unspecified atom stereocenters. The summed E-state index contributed by atoms with van der Waals surface area (Å²) in [6, 6.07) is 15.9. The van der Waals surface area contributed by atoms with E-state index in [0.29, 0.717) is 22.5 Å². The van der Waals surface area contributed by atoms with Gasteiger partial charge in [0.25, 0.3) is 5.91 Å². The number of nitriles is 1.